The van der Waals surface area contributed by atoms with Gasteiger partial charge in [0.15, 0.2) is 0 Å². The Morgan fingerprint density at radius 2 is 2.07 bits per heavy atom. The zero-order valence-corrected chi connectivity index (χ0v) is 7.45. The topological polar surface area (TPSA) is 41.1 Å². The van der Waals surface area contributed by atoms with Gasteiger partial charge in [0.1, 0.15) is 0 Å². The molecule has 0 aliphatic heterocycles. The van der Waals surface area contributed by atoms with Crippen molar-refractivity contribution in [2.24, 2.45) is 0 Å². The van der Waals surface area contributed by atoms with E-state index in [4.69, 9.17) is 6.42 Å². The average molecular weight is 208 g/mol. The molecular weight excluding hydrogens is 197 g/mol. The molecule has 14 heavy (non-hydrogen) atoms. The zero-order chi connectivity index (χ0) is 11.0. The molecule has 0 unspecified atom stereocenters. The lowest BCUT2D eigenvalue weighted by Gasteiger charge is -2.07. The van der Waals surface area contributed by atoms with Crippen molar-refractivity contribution in [1.82, 2.24) is 10.6 Å². The van der Waals surface area contributed by atoms with Crippen LogP contribution in [-0.4, -0.2) is 31.7 Å². The molecule has 2 N–H and O–H groups in total. The summed E-state index contributed by atoms with van der Waals surface area (Å²) < 4.78 is 34.8. The monoisotopic (exact) mass is 208 g/mol. The van der Waals surface area contributed by atoms with Crippen LogP contribution < -0.4 is 10.6 Å². The van der Waals surface area contributed by atoms with E-state index in [9.17, 15) is 18.0 Å². The van der Waals surface area contributed by atoms with Gasteiger partial charge < -0.3 is 10.6 Å². The van der Waals surface area contributed by atoms with Crippen molar-refractivity contribution in [3.63, 3.8) is 0 Å². The molecule has 0 saturated heterocycles. The van der Waals surface area contributed by atoms with E-state index in [1.54, 1.807) is 0 Å². The molecule has 0 aromatic carbocycles. The summed E-state index contributed by atoms with van der Waals surface area (Å²) in [5, 5.41) is 4.32. The number of terminal acetylenes is 1. The third kappa shape index (κ3) is 8.87. The Morgan fingerprint density at radius 3 is 2.57 bits per heavy atom. The molecule has 3 nitrogen and oxygen atoms in total. The Balaban J connectivity index is 3.42. The van der Waals surface area contributed by atoms with Crippen LogP contribution in [0.25, 0.3) is 0 Å². The van der Waals surface area contributed by atoms with Crippen LogP contribution in [0.1, 0.15) is 6.42 Å². The number of rotatable bonds is 5. The first kappa shape index (κ1) is 12.8. The lowest BCUT2D eigenvalue weighted by atomic mass is 10.4. The standard InChI is InChI=1S/C8H11F3N2O/c1-2-3-4-13-7(14)5-12-6-8(9,10)11/h1,12H,3-6H2,(H,13,14). The summed E-state index contributed by atoms with van der Waals surface area (Å²) in [6, 6.07) is 0. The van der Waals surface area contributed by atoms with Gasteiger partial charge in [0.25, 0.3) is 0 Å². The Kier molecular flexibility index (Phi) is 5.72. The van der Waals surface area contributed by atoms with Crippen LogP contribution in [0.5, 0.6) is 0 Å². The van der Waals surface area contributed by atoms with E-state index in [0.717, 1.165) is 0 Å². The Bertz CT molecular complexity index is 220. The molecule has 80 valence electrons. The molecule has 0 spiro atoms. The minimum atomic E-state index is -4.29. The molecule has 0 rings (SSSR count). The molecule has 0 heterocycles. The van der Waals surface area contributed by atoms with Crippen LogP contribution in [0.3, 0.4) is 0 Å². The third-order valence-electron chi connectivity index (χ3n) is 1.20. The molecule has 0 bridgehead atoms. The number of carbonyl (C=O) groups excluding carboxylic acids is 1. The van der Waals surface area contributed by atoms with Crippen LogP contribution in [0.4, 0.5) is 13.2 Å². The van der Waals surface area contributed by atoms with Crippen molar-refractivity contribution >= 4 is 5.91 Å². The van der Waals surface area contributed by atoms with Crippen molar-refractivity contribution in [3.05, 3.63) is 0 Å². The number of halogens is 3. The van der Waals surface area contributed by atoms with E-state index in [0.29, 0.717) is 6.42 Å². The van der Waals surface area contributed by atoms with E-state index in [-0.39, 0.29) is 13.1 Å². The second kappa shape index (κ2) is 6.27. The predicted molar refractivity (Wildman–Crippen MR) is 45.4 cm³/mol. The second-order valence-electron chi connectivity index (χ2n) is 2.52. The lowest BCUT2D eigenvalue weighted by molar-refractivity contribution is -0.128. The predicted octanol–water partition coefficient (Wildman–Crippen LogP) is 0.278. The van der Waals surface area contributed by atoms with E-state index in [1.807, 2.05) is 5.32 Å². The fraction of sp³-hybridized carbons (Fsp3) is 0.625. The smallest absolute Gasteiger partial charge is 0.354 e. The minimum absolute atomic E-state index is 0.281. The number of carbonyl (C=O) groups is 1. The quantitative estimate of drug-likeness (QED) is 0.503. The van der Waals surface area contributed by atoms with Crippen molar-refractivity contribution in [2.45, 2.75) is 12.6 Å². The summed E-state index contributed by atoms with van der Waals surface area (Å²) in [5.41, 5.74) is 0. The summed E-state index contributed by atoms with van der Waals surface area (Å²) >= 11 is 0. The molecule has 0 aromatic rings. The minimum Gasteiger partial charge on any atom is -0.354 e. The van der Waals surface area contributed by atoms with Gasteiger partial charge in [0.05, 0.1) is 13.1 Å². The number of hydrogen-bond acceptors (Lipinski definition) is 2. The van der Waals surface area contributed by atoms with Gasteiger partial charge in [-0.05, 0) is 0 Å². The summed E-state index contributed by atoms with van der Waals surface area (Å²) in [7, 11) is 0. The first-order valence-electron chi connectivity index (χ1n) is 3.93. The van der Waals surface area contributed by atoms with Crippen molar-refractivity contribution in [2.75, 3.05) is 19.6 Å². The molecule has 6 heteroatoms. The van der Waals surface area contributed by atoms with Gasteiger partial charge in [-0.3, -0.25) is 4.79 Å². The van der Waals surface area contributed by atoms with E-state index in [2.05, 4.69) is 11.2 Å². The number of amides is 1. The van der Waals surface area contributed by atoms with Gasteiger partial charge in [0.2, 0.25) is 5.91 Å². The fourth-order valence-electron chi connectivity index (χ4n) is 0.654. The largest absolute Gasteiger partial charge is 0.401 e. The molecule has 0 atom stereocenters. The van der Waals surface area contributed by atoms with Crippen molar-refractivity contribution in [1.29, 1.82) is 0 Å². The molecule has 0 aliphatic carbocycles. The van der Waals surface area contributed by atoms with Gasteiger partial charge in [-0.2, -0.15) is 13.2 Å². The Labute approximate surface area is 80.1 Å². The van der Waals surface area contributed by atoms with Gasteiger partial charge in [-0.25, -0.2) is 0 Å². The Hall–Kier alpha value is -1.22. The molecule has 0 saturated carbocycles. The molecule has 0 aliphatic rings. The molecule has 0 radical (unpaired) electrons. The summed E-state index contributed by atoms with van der Waals surface area (Å²) in [6.07, 6.45) is 0.980. The highest BCUT2D eigenvalue weighted by molar-refractivity contribution is 5.77. The molecule has 0 fully saturated rings. The van der Waals surface area contributed by atoms with Crippen LogP contribution in [0.2, 0.25) is 0 Å². The summed E-state index contributed by atoms with van der Waals surface area (Å²) in [5.74, 6) is 1.79. The van der Waals surface area contributed by atoms with Crippen molar-refractivity contribution < 1.29 is 18.0 Å². The average Bonchev–Trinajstić information content (AvgIpc) is 2.02. The lowest BCUT2D eigenvalue weighted by Crippen LogP contribution is -2.38. The maximum absolute atomic E-state index is 11.6. The first-order valence-corrected chi connectivity index (χ1v) is 3.93. The normalized spacial score (nSPS) is 10.7. The van der Waals surface area contributed by atoms with Crippen LogP contribution in [0.15, 0.2) is 0 Å². The summed E-state index contributed by atoms with van der Waals surface area (Å²) in [6.45, 7) is -1.25. The molecular formula is C8H11F3N2O. The maximum Gasteiger partial charge on any atom is 0.401 e. The molecule has 1 amide bonds. The van der Waals surface area contributed by atoms with Crippen molar-refractivity contribution in [3.8, 4) is 12.3 Å². The van der Waals surface area contributed by atoms with Gasteiger partial charge in [0, 0.05) is 13.0 Å². The highest BCUT2D eigenvalue weighted by Crippen LogP contribution is 2.11. The van der Waals surface area contributed by atoms with Crippen LogP contribution in [0, 0.1) is 12.3 Å². The summed E-state index contributed by atoms with van der Waals surface area (Å²) in [4.78, 5) is 10.8. The fourth-order valence-corrected chi connectivity index (χ4v) is 0.654. The number of hydrogen-bond donors (Lipinski definition) is 2. The SMILES string of the molecule is C#CCCNC(=O)CNCC(F)(F)F. The van der Waals surface area contributed by atoms with E-state index >= 15 is 0 Å². The van der Waals surface area contributed by atoms with E-state index in [1.165, 1.54) is 0 Å². The molecule has 0 aromatic heterocycles. The van der Waals surface area contributed by atoms with Gasteiger partial charge in [-0.1, -0.05) is 0 Å². The highest BCUT2D eigenvalue weighted by atomic mass is 19.4. The van der Waals surface area contributed by atoms with Crippen LogP contribution in [-0.2, 0) is 4.79 Å². The Morgan fingerprint density at radius 1 is 1.43 bits per heavy atom. The van der Waals surface area contributed by atoms with E-state index < -0.39 is 18.6 Å². The second-order valence-corrected chi connectivity index (χ2v) is 2.52. The zero-order valence-electron chi connectivity index (χ0n) is 7.45. The third-order valence-corrected chi connectivity index (χ3v) is 1.20. The van der Waals surface area contributed by atoms with Crippen LogP contribution >= 0.6 is 0 Å². The highest BCUT2D eigenvalue weighted by Gasteiger charge is 2.26. The number of nitrogens with one attached hydrogen (secondary N) is 2. The van der Waals surface area contributed by atoms with Gasteiger partial charge in [-0.15, -0.1) is 12.3 Å². The first-order chi connectivity index (χ1) is 6.45. The maximum atomic E-state index is 11.6. The van der Waals surface area contributed by atoms with Gasteiger partial charge >= 0.3 is 6.18 Å². The number of alkyl halides is 3.